The van der Waals surface area contributed by atoms with Crippen LogP contribution >= 0.6 is 0 Å². The van der Waals surface area contributed by atoms with E-state index in [1.54, 1.807) is 36.3 Å². The molecule has 132 valence electrons. The average Bonchev–Trinajstić information content (AvgIpc) is 2.92. The maximum absolute atomic E-state index is 12.9. The zero-order valence-corrected chi connectivity index (χ0v) is 14.4. The first kappa shape index (κ1) is 16.3. The number of carbonyl (C=O) groups is 3. The highest BCUT2D eigenvalue weighted by Crippen LogP contribution is 2.31. The fraction of sp³-hybridized carbons (Fsp3) is 0.250. The average molecular weight is 350 g/mol. The summed E-state index contributed by atoms with van der Waals surface area (Å²) in [7, 11) is 1.61. The zero-order chi connectivity index (χ0) is 18.3. The summed E-state index contributed by atoms with van der Waals surface area (Å²) in [5, 5.41) is 0. The van der Waals surface area contributed by atoms with Crippen LogP contribution in [0.25, 0.3) is 0 Å². The van der Waals surface area contributed by atoms with E-state index in [4.69, 9.17) is 4.74 Å². The SMILES string of the molecule is COc1ccc2c(c1)CCCN2C(=O)CN1C(=O)c2ccccc2C1=O. The van der Waals surface area contributed by atoms with Crippen molar-refractivity contribution in [2.24, 2.45) is 0 Å². The zero-order valence-electron chi connectivity index (χ0n) is 14.4. The minimum atomic E-state index is -0.411. The number of methoxy groups -OCH3 is 1. The summed E-state index contributed by atoms with van der Waals surface area (Å²) in [4.78, 5) is 40.5. The summed E-state index contributed by atoms with van der Waals surface area (Å²) in [5.74, 6) is -0.333. The van der Waals surface area contributed by atoms with Crippen molar-refractivity contribution < 1.29 is 19.1 Å². The normalized spacial score (nSPS) is 15.7. The molecule has 2 heterocycles. The van der Waals surface area contributed by atoms with Gasteiger partial charge in [0.2, 0.25) is 5.91 Å². The third-order valence-electron chi connectivity index (χ3n) is 4.88. The van der Waals surface area contributed by atoms with Gasteiger partial charge in [0.15, 0.2) is 0 Å². The van der Waals surface area contributed by atoms with Gasteiger partial charge in [-0.3, -0.25) is 19.3 Å². The topological polar surface area (TPSA) is 66.9 Å². The molecule has 0 N–H and O–H groups in total. The van der Waals surface area contributed by atoms with Crippen molar-refractivity contribution >= 4 is 23.4 Å². The van der Waals surface area contributed by atoms with E-state index >= 15 is 0 Å². The van der Waals surface area contributed by atoms with Crippen LogP contribution < -0.4 is 9.64 Å². The van der Waals surface area contributed by atoms with Crippen LogP contribution in [0.5, 0.6) is 5.75 Å². The lowest BCUT2D eigenvalue weighted by Gasteiger charge is -2.30. The van der Waals surface area contributed by atoms with Crippen LogP contribution in [0.15, 0.2) is 42.5 Å². The number of imide groups is 1. The van der Waals surface area contributed by atoms with E-state index in [0.717, 1.165) is 34.7 Å². The molecule has 0 aliphatic carbocycles. The third kappa shape index (κ3) is 2.54. The number of amides is 3. The van der Waals surface area contributed by atoms with Gasteiger partial charge in [-0.1, -0.05) is 12.1 Å². The molecule has 6 nitrogen and oxygen atoms in total. The molecule has 0 bridgehead atoms. The largest absolute Gasteiger partial charge is 0.497 e. The Labute approximate surface area is 151 Å². The molecule has 2 aromatic rings. The Bertz CT molecular complexity index is 887. The number of benzene rings is 2. The van der Waals surface area contributed by atoms with Crippen LogP contribution in [0, 0.1) is 0 Å². The minimum Gasteiger partial charge on any atom is -0.497 e. The van der Waals surface area contributed by atoms with Crippen LogP contribution in [0.1, 0.15) is 32.7 Å². The van der Waals surface area contributed by atoms with Gasteiger partial charge in [-0.25, -0.2) is 0 Å². The van der Waals surface area contributed by atoms with Crippen LogP contribution in [0.2, 0.25) is 0 Å². The lowest BCUT2D eigenvalue weighted by Crippen LogP contribution is -2.44. The molecule has 0 radical (unpaired) electrons. The highest BCUT2D eigenvalue weighted by molar-refractivity contribution is 6.22. The Hall–Kier alpha value is -3.15. The van der Waals surface area contributed by atoms with Crippen molar-refractivity contribution in [3.63, 3.8) is 0 Å². The number of nitrogens with zero attached hydrogens (tertiary/aromatic N) is 2. The molecule has 0 unspecified atom stereocenters. The predicted molar refractivity (Wildman–Crippen MR) is 95.5 cm³/mol. The number of carbonyl (C=O) groups excluding carboxylic acids is 3. The number of rotatable bonds is 3. The molecule has 4 rings (SSSR count). The first-order valence-electron chi connectivity index (χ1n) is 8.52. The van der Waals surface area contributed by atoms with E-state index in [1.165, 1.54) is 0 Å². The predicted octanol–water partition coefficient (Wildman–Crippen LogP) is 2.27. The number of ether oxygens (including phenoxy) is 1. The lowest BCUT2D eigenvalue weighted by molar-refractivity contribution is -0.119. The van der Waals surface area contributed by atoms with Gasteiger partial charge in [0, 0.05) is 12.2 Å². The number of anilines is 1. The smallest absolute Gasteiger partial charge is 0.262 e. The van der Waals surface area contributed by atoms with E-state index in [0.29, 0.717) is 17.7 Å². The number of hydrogen-bond acceptors (Lipinski definition) is 4. The van der Waals surface area contributed by atoms with Crippen LogP contribution in [-0.4, -0.2) is 42.8 Å². The van der Waals surface area contributed by atoms with Gasteiger partial charge in [0.25, 0.3) is 11.8 Å². The second kappa shape index (κ2) is 6.29. The monoisotopic (exact) mass is 350 g/mol. The van der Waals surface area contributed by atoms with Crippen LogP contribution in [-0.2, 0) is 11.2 Å². The summed E-state index contributed by atoms with van der Waals surface area (Å²) < 4.78 is 5.25. The van der Waals surface area contributed by atoms with Gasteiger partial charge in [0.05, 0.1) is 18.2 Å². The first-order valence-corrected chi connectivity index (χ1v) is 8.52. The molecule has 2 aliphatic rings. The van der Waals surface area contributed by atoms with E-state index < -0.39 is 11.8 Å². The first-order chi connectivity index (χ1) is 12.6. The maximum Gasteiger partial charge on any atom is 0.262 e. The Morgan fingerprint density at radius 3 is 2.42 bits per heavy atom. The van der Waals surface area contributed by atoms with Crippen molar-refractivity contribution in [1.82, 2.24) is 4.90 Å². The lowest BCUT2D eigenvalue weighted by atomic mass is 10.0. The molecule has 6 heteroatoms. The van der Waals surface area contributed by atoms with Gasteiger partial charge >= 0.3 is 0 Å². The van der Waals surface area contributed by atoms with Gasteiger partial charge in [0.1, 0.15) is 12.3 Å². The molecule has 0 spiro atoms. The van der Waals surface area contributed by atoms with Crippen molar-refractivity contribution in [2.45, 2.75) is 12.8 Å². The standard InChI is InChI=1S/C20H18N2O4/c1-26-14-8-9-17-13(11-14)5-4-10-21(17)18(23)12-22-19(24)15-6-2-3-7-16(15)20(22)25/h2-3,6-9,11H,4-5,10,12H2,1H3. The van der Waals surface area contributed by atoms with Gasteiger partial charge < -0.3 is 9.64 Å². The highest BCUT2D eigenvalue weighted by Gasteiger charge is 2.37. The Morgan fingerprint density at radius 1 is 1.08 bits per heavy atom. The number of fused-ring (bicyclic) bond motifs is 2. The second-order valence-electron chi connectivity index (χ2n) is 6.39. The fourth-order valence-electron chi connectivity index (χ4n) is 3.56. The molecule has 0 fully saturated rings. The maximum atomic E-state index is 12.9. The van der Waals surface area contributed by atoms with Gasteiger partial charge in [-0.15, -0.1) is 0 Å². The molecule has 3 amide bonds. The Balaban J connectivity index is 1.57. The summed E-state index contributed by atoms with van der Waals surface area (Å²) in [5.41, 5.74) is 2.56. The van der Waals surface area contributed by atoms with Crippen molar-refractivity contribution in [2.75, 3.05) is 25.1 Å². The Morgan fingerprint density at radius 2 is 1.77 bits per heavy atom. The van der Waals surface area contributed by atoms with Crippen molar-refractivity contribution in [3.8, 4) is 5.75 Å². The molecule has 2 aromatic carbocycles. The summed E-state index contributed by atoms with van der Waals surface area (Å²) in [6.07, 6.45) is 1.69. The third-order valence-corrected chi connectivity index (χ3v) is 4.88. The van der Waals surface area contributed by atoms with Crippen LogP contribution in [0.3, 0.4) is 0 Å². The van der Waals surface area contributed by atoms with Gasteiger partial charge in [-0.05, 0) is 48.7 Å². The molecular formula is C20H18N2O4. The molecule has 0 atom stereocenters. The van der Waals surface area contributed by atoms with E-state index in [9.17, 15) is 14.4 Å². The van der Waals surface area contributed by atoms with E-state index in [-0.39, 0.29) is 12.5 Å². The number of aryl methyl sites for hydroxylation is 1. The summed E-state index contributed by atoms with van der Waals surface area (Å²) in [6, 6.07) is 12.2. The molecule has 0 saturated heterocycles. The summed E-state index contributed by atoms with van der Waals surface area (Å²) >= 11 is 0. The molecule has 26 heavy (non-hydrogen) atoms. The Kier molecular flexibility index (Phi) is 3.95. The highest BCUT2D eigenvalue weighted by atomic mass is 16.5. The van der Waals surface area contributed by atoms with Crippen LogP contribution in [0.4, 0.5) is 5.69 Å². The number of hydrogen-bond donors (Lipinski definition) is 0. The fourth-order valence-corrected chi connectivity index (χ4v) is 3.56. The van der Waals surface area contributed by atoms with E-state index in [2.05, 4.69) is 0 Å². The van der Waals surface area contributed by atoms with E-state index in [1.807, 2.05) is 18.2 Å². The van der Waals surface area contributed by atoms with Crippen molar-refractivity contribution in [1.29, 1.82) is 0 Å². The summed E-state index contributed by atoms with van der Waals surface area (Å²) in [6.45, 7) is 0.319. The quantitative estimate of drug-likeness (QED) is 0.797. The molecule has 0 aromatic heterocycles. The second-order valence-corrected chi connectivity index (χ2v) is 6.39. The molecular weight excluding hydrogens is 332 g/mol. The molecule has 2 aliphatic heterocycles. The molecule has 0 saturated carbocycles. The minimum absolute atomic E-state index is 0.252. The van der Waals surface area contributed by atoms with Gasteiger partial charge in [-0.2, -0.15) is 0 Å². The van der Waals surface area contributed by atoms with Crippen molar-refractivity contribution in [3.05, 3.63) is 59.2 Å².